The zero-order valence-corrected chi connectivity index (χ0v) is 56.7. The predicted molar refractivity (Wildman–Crippen MR) is 340 cm³/mol. The van der Waals surface area contributed by atoms with E-state index in [0.717, 1.165) is 102 Å². The fraction of sp³-hybridized carbons (Fsp3) is 0.939. The number of aliphatic hydroxyl groups is 1. The van der Waals surface area contributed by atoms with E-state index in [1.807, 2.05) is 0 Å². The van der Waals surface area contributed by atoms with Crippen molar-refractivity contribution < 1.29 is 80.2 Å². The summed E-state index contributed by atoms with van der Waals surface area (Å²) in [6, 6.07) is 0. The average Bonchev–Trinajstić information content (AvgIpc) is 3.50. The van der Waals surface area contributed by atoms with Crippen LogP contribution in [0, 0.1) is 11.8 Å². The van der Waals surface area contributed by atoms with Crippen LogP contribution in [0.25, 0.3) is 0 Å². The molecule has 19 heteroatoms. The number of ether oxygens (including phenoxy) is 4. The highest BCUT2D eigenvalue weighted by molar-refractivity contribution is 7.47. The van der Waals surface area contributed by atoms with Crippen molar-refractivity contribution in [3.63, 3.8) is 0 Å². The minimum Gasteiger partial charge on any atom is -0.462 e. The third kappa shape index (κ3) is 59.5. The van der Waals surface area contributed by atoms with Crippen molar-refractivity contribution in [2.75, 3.05) is 39.6 Å². The highest BCUT2D eigenvalue weighted by atomic mass is 31.2. The predicted octanol–water partition coefficient (Wildman–Crippen LogP) is 18.4. The number of esters is 4. The molecule has 0 amide bonds. The summed E-state index contributed by atoms with van der Waals surface area (Å²) in [6.45, 7) is 9.45. The number of carbonyl (C=O) groups is 4. The van der Waals surface area contributed by atoms with Gasteiger partial charge in [-0.3, -0.25) is 37.3 Å². The maximum absolute atomic E-state index is 13.0. The van der Waals surface area contributed by atoms with Crippen LogP contribution in [0.5, 0.6) is 0 Å². The number of phosphoric ester groups is 2. The Morgan fingerprint density at radius 3 is 0.894 bits per heavy atom. The molecule has 0 fully saturated rings. The SMILES string of the molecule is CCCCCCCCCCCCCCCC(=O)OC[C@H](COP(=O)(O)OC[C@@H](O)COP(=O)(O)OC[C@@H](COC(=O)CCCCCCCCCC)OC(=O)CCCCCCCCCC(C)C)OC(=O)CCCCCCCCCCCCC(C)CC. The lowest BCUT2D eigenvalue weighted by Crippen LogP contribution is -2.30. The molecule has 0 radical (unpaired) electrons. The molecule has 0 spiro atoms. The molecule has 0 saturated carbocycles. The maximum atomic E-state index is 13.0. The van der Waals surface area contributed by atoms with E-state index >= 15 is 0 Å². The van der Waals surface area contributed by atoms with Gasteiger partial charge in [0.1, 0.15) is 19.3 Å². The van der Waals surface area contributed by atoms with Crippen molar-refractivity contribution in [1.82, 2.24) is 0 Å². The number of rotatable bonds is 65. The monoisotopic (exact) mass is 1250 g/mol. The van der Waals surface area contributed by atoms with Crippen molar-refractivity contribution in [2.45, 2.75) is 349 Å². The normalized spacial score (nSPS) is 14.6. The minimum atomic E-state index is -4.95. The first-order chi connectivity index (χ1) is 40.9. The van der Waals surface area contributed by atoms with Crippen molar-refractivity contribution in [3.8, 4) is 0 Å². The van der Waals surface area contributed by atoms with E-state index in [1.165, 1.54) is 141 Å². The highest BCUT2D eigenvalue weighted by Gasteiger charge is 2.30. The van der Waals surface area contributed by atoms with Crippen LogP contribution in [-0.4, -0.2) is 96.7 Å². The quantitative estimate of drug-likeness (QED) is 0.0222. The summed E-state index contributed by atoms with van der Waals surface area (Å²) in [6.07, 6.45) is 41.7. The van der Waals surface area contributed by atoms with Crippen LogP contribution in [0.15, 0.2) is 0 Å². The number of phosphoric acid groups is 2. The molecule has 0 aromatic heterocycles. The Morgan fingerprint density at radius 1 is 0.341 bits per heavy atom. The van der Waals surface area contributed by atoms with Gasteiger partial charge in [0, 0.05) is 25.7 Å². The molecule has 0 bridgehead atoms. The molecule has 0 aliphatic heterocycles. The molecule has 3 unspecified atom stereocenters. The second kappa shape index (κ2) is 58.4. The topological polar surface area (TPSA) is 237 Å². The van der Waals surface area contributed by atoms with E-state index in [9.17, 15) is 43.2 Å². The largest absolute Gasteiger partial charge is 0.472 e. The molecule has 0 aromatic carbocycles. The van der Waals surface area contributed by atoms with Gasteiger partial charge in [0.25, 0.3) is 0 Å². The molecule has 0 aromatic rings. The van der Waals surface area contributed by atoms with Gasteiger partial charge >= 0.3 is 39.5 Å². The first-order valence-corrected chi connectivity index (χ1v) is 37.5. The number of unbranched alkanes of at least 4 members (excludes halogenated alkanes) is 34. The Balaban J connectivity index is 5.23. The van der Waals surface area contributed by atoms with Crippen LogP contribution in [0.3, 0.4) is 0 Å². The Bertz CT molecular complexity index is 1670. The summed E-state index contributed by atoms with van der Waals surface area (Å²) >= 11 is 0. The van der Waals surface area contributed by atoms with Gasteiger partial charge in [0.05, 0.1) is 26.4 Å². The molecule has 0 aliphatic carbocycles. The second-order valence-corrected chi connectivity index (χ2v) is 27.5. The lowest BCUT2D eigenvalue weighted by molar-refractivity contribution is -0.161. The summed E-state index contributed by atoms with van der Waals surface area (Å²) in [5, 5.41) is 10.5. The first-order valence-electron chi connectivity index (χ1n) is 34.5. The number of aliphatic hydroxyl groups excluding tert-OH is 1. The summed E-state index contributed by atoms with van der Waals surface area (Å²) < 4.78 is 68.0. The Morgan fingerprint density at radius 2 is 0.600 bits per heavy atom. The van der Waals surface area contributed by atoms with Gasteiger partial charge in [-0.2, -0.15) is 0 Å². The van der Waals surface area contributed by atoms with E-state index < -0.39 is 97.5 Å². The van der Waals surface area contributed by atoms with E-state index in [4.69, 9.17) is 37.0 Å². The van der Waals surface area contributed by atoms with Crippen LogP contribution in [0.2, 0.25) is 0 Å². The Hall–Kier alpha value is -1.94. The number of hydrogen-bond donors (Lipinski definition) is 3. The van der Waals surface area contributed by atoms with Crippen LogP contribution >= 0.6 is 15.6 Å². The van der Waals surface area contributed by atoms with Crippen LogP contribution < -0.4 is 0 Å². The van der Waals surface area contributed by atoms with Crippen LogP contribution in [-0.2, 0) is 65.4 Å². The smallest absolute Gasteiger partial charge is 0.462 e. The minimum absolute atomic E-state index is 0.103. The molecular weight excluding hydrogens is 1130 g/mol. The van der Waals surface area contributed by atoms with E-state index in [2.05, 4.69) is 41.5 Å². The summed E-state index contributed by atoms with van der Waals surface area (Å²) in [4.78, 5) is 72.3. The number of carbonyl (C=O) groups excluding carboxylic acids is 4. The molecule has 504 valence electrons. The molecule has 6 atom stereocenters. The van der Waals surface area contributed by atoms with Crippen molar-refractivity contribution in [3.05, 3.63) is 0 Å². The second-order valence-electron chi connectivity index (χ2n) is 24.6. The van der Waals surface area contributed by atoms with Gasteiger partial charge in [0.15, 0.2) is 12.2 Å². The lowest BCUT2D eigenvalue weighted by Gasteiger charge is -2.21. The molecule has 17 nitrogen and oxygen atoms in total. The fourth-order valence-corrected chi connectivity index (χ4v) is 11.4. The third-order valence-corrected chi connectivity index (χ3v) is 17.5. The van der Waals surface area contributed by atoms with Gasteiger partial charge < -0.3 is 33.8 Å². The number of hydrogen-bond acceptors (Lipinski definition) is 15. The fourth-order valence-electron chi connectivity index (χ4n) is 9.85. The zero-order valence-electron chi connectivity index (χ0n) is 54.9. The third-order valence-electron chi connectivity index (χ3n) is 15.6. The molecule has 0 heterocycles. The van der Waals surface area contributed by atoms with Gasteiger partial charge in [-0.25, -0.2) is 9.13 Å². The molecule has 0 rings (SSSR count). The summed E-state index contributed by atoms with van der Waals surface area (Å²) in [5.74, 6) is -0.635. The van der Waals surface area contributed by atoms with Crippen LogP contribution in [0.1, 0.15) is 330 Å². The average molecular weight is 1260 g/mol. The lowest BCUT2D eigenvalue weighted by atomic mass is 9.99. The molecule has 3 N–H and O–H groups in total. The van der Waals surface area contributed by atoms with Gasteiger partial charge in [-0.05, 0) is 37.5 Å². The molecule has 85 heavy (non-hydrogen) atoms. The van der Waals surface area contributed by atoms with Crippen LogP contribution in [0.4, 0.5) is 0 Å². The van der Waals surface area contributed by atoms with Gasteiger partial charge in [-0.1, -0.05) is 279 Å². The summed E-state index contributed by atoms with van der Waals surface area (Å²) in [5.41, 5.74) is 0. The first kappa shape index (κ1) is 83.1. The standard InChI is InChI=1S/C66H128O17P2/c1-7-10-12-14-16-18-19-20-21-25-31-37-43-49-64(69)77-55-61(82-65(70)50-44-38-32-26-23-22-24-29-35-41-47-59(6)9-3)56-80-84(72,73)78-52-60(67)53-79-85(74,75)81-57-62(54-76-63(68)48-42-36-30-17-15-13-11-8-2)83-66(71)51-45-39-33-27-28-34-40-46-58(4)5/h58-62,67H,7-57H2,1-6H3,(H,72,73)(H,74,75)/t59?,60-,61-,62-/m1/s1. The molecular formula is C66H128O17P2. The van der Waals surface area contributed by atoms with Crippen molar-refractivity contribution >= 4 is 39.5 Å². The van der Waals surface area contributed by atoms with E-state index in [1.54, 1.807) is 0 Å². The van der Waals surface area contributed by atoms with E-state index in [-0.39, 0.29) is 25.7 Å². The molecule has 0 saturated heterocycles. The van der Waals surface area contributed by atoms with Crippen molar-refractivity contribution in [1.29, 1.82) is 0 Å². The van der Waals surface area contributed by atoms with Crippen molar-refractivity contribution in [2.24, 2.45) is 11.8 Å². The van der Waals surface area contributed by atoms with Gasteiger partial charge in [-0.15, -0.1) is 0 Å². The Labute approximate surface area is 517 Å². The molecule has 0 aliphatic rings. The Kier molecular flexibility index (Phi) is 57.1. The maximum Gasteiger partial charge on any atom is 0.472 e. The zero-order chi connectivity index (χ0) is 62.9. The van der Waals surface area contributed by atoms with Gasteiger partial charge in [0.2, 0.25) is 0 Å². The van der Waals surface area contributed by atoms with E-state index in [0.29, 0.717) is 31.6 Å². The summed E-state index contributed by atoms with van der Waals surface area (Å²) in [7, 11) is -9.89. The highest BCUT2D eigenvalue weighted by Crippen LogP contribution is 2.45.